The van der Waals surface area contributed by atoms with Crippen molar-refractivity contribution in [3.8, 4) is 22.1 Å². The molecule has 0 atom stereocenters. The van der Waals surface area contributed by atoms with Gasteiger partial charge in [0.05, 0.1) is 28.7 Å². The van der Waals surface area contributed by atoms with Crippen LogP contribution < -0.4 is 10.1 Å². The number of thioether (sulfide) groups is 1. The fourth-order valence-corrected chi connectivity index (χ4v) is 4.40. The van der Waals surface area contributed by atoms with Crippen molar-refractivity contribution in [2.75, 3.05) is 18.2 Å². The van der Waals surface area contributed by atoms with Crippen molar-refractivity contribution < 1.29 is 14.5 Å². The molecule has 1 amide bonds. The quantitative estimate of drug-likeness (QED) is 0.228. The first-order valence-electron chi connectivity index (χ1n) is 9.36. The molecule has 1 N–H and O–H groups in total. The second kappa shape index (κ2) is 9.62. The number of nitro groups is 1. The molecule has 0 aliphatic carbocycles. The Morgan fingerprint density at radius 2 is 2.00 bits per heavy atom. The summed E-state index contributed by atoms with van der Waals surface area (Å²) in [6, 6.07) is 17.8. The Bertz CT molecular complexity index is 1240. The zero-order valence-electron chi connectivity index (χ0n) is 16.8. The number of para-hydroxylation sites is 1. The topological polar surface area (TPSA) is 112 Å². The summed E-state index contributed by atoms with van der Waals surface area (Å²) < 4.78 is 6.91. The number of amides is 1. The summed E-state index contributed by atoms with van der Waals surface area (Å²) in [4.78, 5) is 24.3. The molecule has 4 rings (SSSR count). The standard InChI is InChI=1S/C21H17N5O4S2/c1-30-15-9-10-16(17(12-15)26(28)29)22-19(27)13-32-21-24-23-20(18-8-5-11-31-18)25(21)14-6-3-2-4-7-14/h2-12H,13H2,1H3,(H,22,27). The van der Waals surface area contributed by atoms with Gasteiger partial charge in [-0.15, -0.1) is 21.5 Å². The molecule has 162 valence electrons. The van der Waals surface area contributed by atoms with Crippen LogP contribution in [0.25, 0.3) is 16.4 Å². The van der Waals surface area contributed by atoms with Gasteiger partial charge in [-0.2, -0.15) is 0 Å². The normalized spacial score (nSPS) is 10.7. The van der Waals surface area contributed by atoms with Crippen molar-refractivity contribution in [2.24, 2.45) is 0 Å². The number of hydrogen-bond acceptors (Lipinski definition) is 8. The molecule has 11 heteroatoms. The van der Waals surface area contributed by atoms with E-state index in [2.05, 4.69) is 15.5 Å². The molecule has 9 nitrogen and oxygen atoms in total. The third-order valence-electron chi connectivity index (χ3n) is 4.40. The van der Waals surface area contributed by atoms with Crippen molar-refractivity contribution in [1.29, 1.82) is 0 Å². The van der Waals surface area contributed by atoms with Gasteiger partial charge in [-0.05, 0) is 35.7 Å². The van der Waals surface area contributed by atoms with Gasteiger partial charge in [0.25, 0.3) is 5.69 Å². The first kappa shape index (κ1) is 21.5. The third kappa shape index (κ3) is 4.63. The molecule has 32 heavy (non-hydrogen) atoms. The lowest BCUT2D eigenvalue weighted by molar-refractivity contribution is -0.384. The number of hydrogen-bond donors (Lipinski definition) is 1. The average molecular weight is 468 g/mol. The summed E-state index contributed by atoms with van der Waals surface area (Å²) in [7, 11) is 1.42. The van der Waals surface area contributed by atoms with Crippen molar-refractivity contribution in [3.05, 3.63) is 76.2 Å². The number of anilines is 1. The first-order valence-corrected chi connectivity index (χ1v) is 11.2. The van der Waals surface area contributed by atoms with E-state index in [1.54, 1.807) is 17.4 Å². The van der Waals surface area contributed by atoms with E-state index in [4.69, 9.17) is 4.74 Å². The maximum absolute atomic E-state index is 12.6. The van der Waals surface area contributed by atoms with Crippen molar-refractivity contribution >= 4 is 40.4 Å². The number of nitro benzene ring substituents is 1. The Kier molecular flexibility index (Phi) is 6.47. The van der Waals surface area contributed by atoms with E-state index >= 15 is 0 Å². The fourth-order valence-electron chi connectivity index (χ4n) is 2.95. The van der Waals surface area contributed by atoms with Crippen LogP contribution in [0.3, 0.4) is 0 Å². The molecule has 0 radical (unpaired) electrons. The molecule has 2 aromatic heterocycles. The average Bonchev–Trinajstić information content (AvgIpc) is 3.48. The summed E-state index contributed by atoms with van der Waals surface area (Å²) >= 11 is 2.74. The van der Waals surface area contributed by atoms with E-state index in [1.807, 2.05) is 52.4 Å². The summed E-state index contributed by atoms with van der Waals surface area (Å²) in [6.45, 7) is 0. The SMILES string of the molecule is COc1ccc(NC(=O)CSc2nnc(-c3cccs3)n2-c2ccccc2)c([N+](=O)[O-])c1. The fraction of sp³-hybridized carbons (Fsp3) is 0.0952. The number of rotatable bonds is 8. The lowest BCUT2D eigenvalue weighted by Crippen LogP contribution is -2.15. The van der Waals surface area contributed by atoms with E-state index < -0.39 is 10.8 Å². The molecular formula is C21H17N5O4S2. The van der Waals surface area contributed by atoms with Crippen LogP contribution in [-0.2, 0) is 4.79 Å². The van der Waals surface area contributed by atoms with E-state index in [0.29, 0.717) is 16.7 Å². The molecule has 0 unspecified atom stereocenters. The Balaban J connectivity index is 1.55. The van der Waals surface area contributed by atoms with E-state index in [1.165, 1.54) is 31.0 Å². The van der Waals surface area contributed by atoms with Crippen LogP contribution in [0.1, 0.15) is 0 Å². The second-order valence-corrected chi connectivity index (χ2v) is 8.32. The van der Waals surface area contributed by atoms with Gasteiger partial charge < -0.3 is 10.1 Å². The zero-order chi connectivity index (χ0) is 22.5. The van der Waals surface area contributed by atoms with Crippen LogP contribution in [-0.4, -0.2) is 38.5 Å². The first-order chi connectivity index (χ1) is 15.6. The minimum Gasteiger partial charge on any atom is -0.496 e. The summed E-state index contributed by atoms with van der Waals surface area (Å²) in [5.41, 5.74) is 0.731. The van der Waals surface area contributed by atoms with Gasteiger partial charge >= 0.3 is 0 Å². The number of nitrogens with one attached hydrogen (secondary N) is 1. The highest BCUT2D eigenvalue weighted by Crippen LogP contribution is 2.31. The molecule has 0 saturated heterocycles. The number of nitrogens with zero attached hydrogens (tertiary/aromatic N) is 4. The van der Waals surface area contributed by atoms with Gasteiger partial charge in [0, 0.05) is 5.69 Å². The zero-order valence-corrected chi connectivity index (χ0v) is 18.4. The Hall–Kier alpha value is -3.70. The highest BCUT2D eigenvalue weighted by molar-refractivity contribution is 7.99. The molecule has 0 aliphatic rings. The molecule has 2 heterocycles. The van der Waals surface area contributed by atoms with Crippen LogP contribution in [0, 0.1) is 10.1 Å². The second-order valence-electron chi connectivity index (χ2n) is 6.43. The Morgan fingerprint density at radius 3 is 2.69 bits per heavy atom. The molecule has 0 fully saturated rings. The summed E-state index contributed by atoms with van der Waals surface area (Å²) in [5, 5.41) is 25.0. The smallest absolute Gasteiger partial charge is 0.296 e. The Labute approximate surface area is 191 Å². The molecule has 0 aliphatic heterocycles. The Morgan fingerprint density at radius 1 is 1.19 bits per heavy atom. The molecular weight excluding hydrogens is 450 g/mol. The van der Waals surface area contributed by atoms with Gasteiger partial charge in [-0.3, -0.25) is 19.5 Å². The minimum absolute atomic E-state index is 0.00140. The van der Waals surface area contributed by atoms with Crippen LogP contribution >= 0.6 is 23.1 Å². The van der Waals surface area contributed by atoms with Crippen LogP contribution in [0.4, 0.5) is 11.4 Å². The van der Waals surface area contributed by atoms with Gasteiger partial charge in [-0.1, -0.05) is 36.0 Å². The number of thiophene rings is 1. The van der Waals surface area contributed by atoms with Gasteiger partial charge in [0.2, 0.25) is 5.91 Å². The molecule has 4 aromatic rings. The maximum Gasteiger partial charge on any atom is 0.296 e. The number of aromatic nitrogens is 3. The van der Waals surface area contributed by atoms with Crippen LogP contribution in [0.5, 0.6) is 5.75 Å². The molecule has 0 spiro atoms. The lowest BCUT2D eigenvalue weighted by Gasteiger charge is -2.10. The molecule has 2 aromatic carbocycles. The van der Waals surface area contributed by atoms with Crippen molar-refractivity contribution in [2.45, 2.75) is 5.16 Å². The van der Waals surface area contributed by atoms with E-state index in [9.17, 15) is 14.9 Å². The monoisotopic (exact) mass is 467 g/mol. The predicted molar refractivity (Wildman–Crippen MR) is 124 cm³/mol. The van der Waals surface area contributed by atoms with E-state index in [0.717, 1.165) is 10.6 Å². The summed E-state index contributed by atoms with van der Waals surface area (Å²) in [5.74, 6) is 0.614. The highest BCUT2D eigenvalue weighted by Gasteiger charge is 2.20. The number of carbonyl (C=O) groups excluding carboxylic acids is 1. The van der Waals surface area contributed by atoms with Gasteiger partial charge in [0.15, 0.2) is 11.0 Å². The third-order valence-corrected chi connectivity index (χ3v) is 6.19. The van der Waals surface area contributed by atoms with Gasteiger partial charge in [0.1, 0.15) is 11.4 Å². The predicted octanol–water partition coefficient (Wildman–Crippen LogP) is 4.64. The minimum atomic E-state index is -0.565. The molecule has 0 bridgehead atoms. The molecule has 0 saturated carbocycles. The number of carbonyl (C=O) groups is 1. The van der Waals surface area contributed by atoms with Gasteiger partial charge in [-0.25, -0.2) is 0 Å². The van der Waals surface area contributed by atoms with Crippen molar-refractivity contribution in [3.63, 3.8) is 0 Å². The number of methoxy groups -OCH3 is 1. The van der Waals surface area contributed by atoms with Crippen LogP contribution in [0.2, 0.25) is 0 Å². The van der Waals surface area contributed by atoms with Crippen molar-refractivity contribution in [1.82, 2.24) is 14.8 Å². The summed E-state index contributed by atoms with van der Waals surface area (Å²) in [6.07, 6.45) is 0. The maximum atomic E-state index is 12.6. The lowest BCUT2D eigenvalue weighted by atomic mass is 10.2. The van der Waals surface area contributed by atoms with Crippen LogP contribution in [0.15, 0.2) is 71.2 Å². The van der Waals surface area contributed by atoms with E-state index in [-0.39, 0.29) is 17.1 Å². The largest absolute Gasteiger partial charge is 0.496 e. The highest BCUT2D eigenvalue weighted by atomic mass is 32.2. The number of ether oxygens (including phenoxy) is 1. The number of benzene rings is 2.